The number of furan rings is 1. The van der Waals surface area contributed by atoms with E-state index in [1.54, 1.807) is 0 Å². The number of carbonyl (C=O) groups excluding carboxylic acids is 1. The van der Waals surface area contributed by atoms with Crippen molar-refractivity contribution in [2.45, 2.75) is 20.8 Å². The molecule has 0 atom stereocenters. The number of benzene rings is 1. The van der Waals surface area contributed by atoms with Crippen molar-refractivity contribution in [2.75, 3.05) is 27.2 Å². The summed E-state index contributed by atoms with van der Waals surface area (Å²) < 4.78 is 11.1. The summed E-state index contributed by atoms with van der Waals surface area (Å²) in [7, 11) is 4.18. The summed E-state index contributed by atoms with van der Waals surface area (Å²) in [5.41, 5.74) is 1.50. The molecular formula is C17H24NO3+. The Morgan fingerprint density at radius 3 is 2.57 bits per heavy atom. The quantitative estimate of drug-likeness (QED) is 0.857. The summed E-state index contributed by atoms with van der Waals surface area (Å²) in [4.78, 5) is 13.6. The molecule has 4 nitrogen and oxygen atoms in total. The Morgan fingerprint density at radius 2 is 1.95 bits per heavy atom. The fraction of sp³-hybridized carbons (Fsp3) is 0.471. The topological polar surface area (TPSA) is 43.9 Å². The van der Waals surface area contributed by atoms with Gasteiger partial charge in [0.1, 0.15) is 12.2 Å². The van der Waals surface area contributed by atoms with E-state index in [4.69, 9.17) is 9.15 Å². The lowest BCUT2D eigenvalue weighted by Crippen LogP contribution is -3.07. The first kappa shape index (κ1) is 15.6. The van der Waals surface area contributed by atoms with Crippen molar-refractivity contribution < 1.29 is 18.8 Å². The fourth-order valence-corrected chi connectivity index (χ4v) is 2.70. The summed E-state index contributed by atoms with van der Waals surface area (Å²) in [6.45, 7) is 7.39. The van der Waals surface area contributed by atoms with E-state index < -0.39 is 0 Å². The smallest absolute Gasteiger partial charge is 0.374 e. The number of fused-ring (bicyclic) bond motifs is 1. The predicted octanol–water partition coefficient (Wildman–Crippen LogP) is 2.07. The third-order valence-electron chi connectivity index (χ3n) is 3.46. The van der Waals surface area contributed by atoms with Crippen LogP contribution in [0.4, 0.5) is 0 Å². The molecule has 0 amide bonds. The van der Waals surface area contributed by atoms with Gasteiger partial charge in [0, 0.05) is 16.4 Å². The van der Waals surface area contributed by atoms with E-state index in [9.17, 15) is 4.79 Å². The van der Waals surface area contributed by atoms with Crippen molar-refractivity contribution in [1.82, 2.24) is 0 Å². The van der Waals surface area contributed by atoms with Crippen LogP contribution >= 0.6 is 0 Å². The molecule has 1 heterocycles. The van der Waals surface area contributed by atoms with Crippen molar-refractivity contribution in [2.24, 2.45) is 5.41 Å². The highest BCUT2D eigenvalue weighted by Crippen LogP contribution is 2.26. The standard InChI is InChI=1S/C17H23NO3/c1-12-13-8-6-7-9-14(13)21-15(12)16(19)20-11-17(2,3)10-18(4)5/h6-9H,10-11H2,1-5H3/p+1. The van der Waals surface area contributed by atoms with E-state index in [2.05, 4.69) is 27.9 Å². The number of ether oxygens (including phenoxy) is 1. The minimum Gasteiger partial charge on any atom is -0.459 e. The largest absolute Gasteiger partial charge is 0.459 e. The Morgan fingerprint density at radius 1 is 1.29 bits per heavy atom. The van der Waals surface area contributed by atoms with Gasteiger partial charge in [-0.3, -0.25) is 0 Å². The van der Waals surface area contributed by atoms with Crippen LogP contribution in [-0.4, -0.2) is 33.2 Å². The monoisotopic (exact) mass is 290 g/mol. The lowest BCUT2D eigenvalue weighted by atomic mass is 9.94. The summed E-state index contributed by atoms with van der Waals surface area (Å²) in [6.07, 6.45) is 0. The molecule has 0 fully saturated rings. The maximum Gasteiger partial charge on any atom is 0.374 e. The molecule has 0 saturated heterocycles. The first-order valence-electron chi connectivity index (χ1n) is 7.24. The van der Waals surface area contributed by atoms with Crippen LogP contribution in [0, 0.1) is 12.3 Å². The third kappa shape index (κ3) is 3.64. The van der Waals surface area contributed by atoms with Gasteiger partial charge in [-0.2, -0.15) is 0 Å². The first-order chi connectivity index (χ1) is 9.80. The maximum atomic E-state index is 12.2. The molecule has 0 aliphatic heterocycles. The van der Waals surface area contributed by atoms with E-state index in [1.165, 1.54) is 4.90 Å². The van der Waals surface area contributed by atoms with E-state index >= 15 is 0 Å². The number of hydrogen-bond acceptors (Lipinski definition) is 3. The predicted molar refractivity (Wildman–Crippen MR) is 82.7 cm³/mol. The molecule has 114 valence electrons. The first-order valence-corrected chi connectivity index (χ1v) is 7.24. The minimum absolute atomic E-state index is 0.0611. The van der Waals surface area contributed by atoms with Crippen LogP contribution in [0.1, 0.15) is 30.0 Å². The number of nitrogens with one attached hydrogen (secondary N) is 1. The van der Waals surface area contributed by atoms with Gasteiger partial charge in [0.15, 0.2) is 0 Å². The van der Waals surface area contributed by atoms with Crippen molar-refractivity contribution in [3.8, 4) is 0 Å². The molecule has 0 unspecified atom stereocenters. The average Bonchev–Trinajstić information content (AvgIpc) is 2.73. The molecule has 0 saturated carbocycles. The second kappa shape index (κ2) is 5.90. The molecule has 2 rings (SSSR count). The summed E-state index contributed by atoms with van der Waals surface area (Å²) in [5, 5.41) is 0.960. The highest BCUT2D eigenvalue weighted by atomic mass is 16.5. The van der Waals surface area contributed by atoms with Crippen molar-refractivity contribution in [1.29, 1.82) is 0 Å². The number of esters is 1. The number of para-hydroxylation sites is 1. The molecule has 0 spiro atoms. The molecule has 1 aromatic carbocycles. The Kier molecular flexibility index (Phi) is 4.37. The molecule has 0 bridgehead atoms. The summed E-state index contributed by atoms with van der Waals surface area (Å²) in [6, 6.07) is 7.63. The second-order valence-corrected chi connectivity index (χ2v) is 6.68. The molecule has 2 aromatic rings. The van der Waals surface area contributed by atoms with Crippen LogP contribution in [0.3, 0.4) is 0 Å². The summed E-state index contributed by atoms with van der Waals surface area (Å²) in [5.74, 6) is -0.0743. The van der Waals surface area contributed by atoms with Crippen LogP contribution in [0.25, 0.3) is 11.0 Å². The van der Waals surface area contributed by atoms with E-state index in [0.29, 0.717) is 12.4 Å². The van der Waals surface area contributed by atoms with Crippen LogP contribution in [0.5, 0.6) is 0 Å². The van der Waals surface area contributed by atoms with Gasteiger partial charge < -0.3 is 14.1 Å². The Balaban J connectivity index is 2.11. The SMILES string of the molecule is Cc1c(C(=O)OCC(C)(C)C[NH+](C)C)oc2ccccc12. The van der Waals surface area contributed by atoms with Gasteiger partial charge >= 0.3 is 5.97 Å². The van der Waals surface area contributed by atoms with Gasteiger partial charge in [0.05, 0.1) is 20.6 Å². The maximum absolute atomic E-state index is 12.2. The third-order valence-corrected chi connectivity index (χ3v) is 3.46. The number of rotatable bonds is 5. The Hall–Kier alpha value is -1.81. The van der Waals surface area contributed by atoms with E-state index in [-0.39, 0.29) is 11.4 Å². The van der Waals surface area contributed by atoms with Gasteiger partial charge in [0.2, 0.25) is 5.76 Å². The molecular weight excluding hydrogens is 266 g/mol. The van der Waals surface area contributed by atoms with Gasteiger partial charge in [-0.25, -0.2) is 4.79 Å². The van der Waals surface area contributed by atoms with Crippen LogP contribution < -0.4 is 4.90 Å². The number of carbonyl (C=O) groups is 1. The second-order valence-electron chi connectivity index (χ2n) is 6.68. The minimum atomic E-state index is -0.384. The van der Waals surface area contributed by atoms with Gasteiger partial charge in [0.25, 0.3) is 0 Å². The molecule has 1 N–H and O–H groups in total. The molecule has 21 heavy (non-hydrogen) atoms. The Labute approximate surface area is 125 Å². The van der Waals surface area contributed by atoms with Crippen LogP contribution in [0.2, 0.25) is 0 Å². The van der Waals surface area contributed by atoms with E-state index in [1.807, 2.05) is 31.2 Å². The van der Waals surface area contributed by atoms with Crippen LogP contribution in [-0.2, 0) is 4.74 Å². The van der Waals surface area contributed by atoms with Crippen molar-refractivity contribution in [3.05, 3.63) is 35.6 Å². The molecule has 4 heteroatoms. The Bertz CT molecular complexity index is 641. The average molecular weight is 290 g/mol. The lowest BCUT2D eigenvalue weighted by molar-refractivity contribution is -0.865. The zero-order valence-electron chi connectivity index (χ0n) is 13.4. The normalized spacial score (nSPS) is 12.1. The number of hydrogen-bond donors (Lipinski definition) is 1. The van der Waals surface area contributed by atoms with Gasteiger partial charge in [-0.05, 0) is 13.0 Å². The zero-order chi connectivity index (χ0) is 15.6. The zero-order valence-corrected chi connectivity index (χ0v) is 13.4. The van der Waals surface area contributed by atoms with E-state index in [0.717, 1.165) is 23.1 Å². The number of aryl methyl sites for hydroxylation is 1. The highest BCUT2D eigenvalue weighted by molar-refractivity contribution is 5.95. The van der Waals surface area contributed by atoms with Gasteiger partial charge in [-0.15, -0.1) is 0 Å². The lowest BCUT2D eigenvalue weighted by Gasteiger charge is -2.25. The van der Waals surface area contributed by atoms with Gasteiger partial charge in [-0.1, -0.05) is 32.0 Å². The number of quaternary nitrogens is 1. The van der Waals surface area contributed by atoms with Crippen LogP contribution in [0.15, 0.2) is 28.7 Å². The van der Waals surface area contributed by atoms with Crippen molar-refractivity contribution in [3.63, 3.8) is 0 Å². The highest BCUT2D eigenvalue weighted by Gasteiger charge is 2.26. The fourth-order valence-electron chi connectivity index (χ4n) is 2.70. The molecule has 0 aliphatic carbocycles. The van der Waals surface area contributed by atoms with Crippen molar-refractivity contribution >= 4 is 16.9 Å². The molecule has 0 aliphatic rings. The summed E-state index contributed by atoms with van der Waals surface area (Å²) >= 11 is 0. The molecule has 1 aromatic heterocycles. The molecule has 0 radical (unpaired) electrons.